The lowest BCUT2D eigenvalue weighted by atomic mass is 10.1. The van der Waals surface area contributed by atoms with E-state index in [2.05, 4.69) is 4.98 Å². The van der Waals surface area contributed by atoms with Gasteiger partial charge < -0.3 is 4.74 Å². The first-order chi connectivity index (χ1) is 8.78. The molecule has 0 radical (unpaired) electrons. The van der Waals surface area contributed by atoms with E-state index in [1.807, 2.05) is 0 Å². The van der Waals surface area contributed by atoms with E-state index in [9.17, 15) is 14.0 Å². The van der Waals surface area contributed by atoms with Crippen LogP contribution >= 0.6 is 0 Å². The molecule has 0 fully saturated rings. The van der Waals surface area contributed by atoms with Gasteiger partial charge in [0.15, 0.2) is 5.78 Å². The van der Waals surface area contributed by atoms with E-state index in [4.69, 9.17) is 4.74 Å². The number of rotatable bonds is 0. The molecule has 19 heavy (non-hydrogen) atoms. The maximum Gasteiger partial charge on any atom is 0.414 e. The fourth-order valence-electron chi connectivity index (χ4n) is 1.81. The lowest BCUT2D eigenvalue weighted by Gasteiger charge is -2.30. The number of carbonyl (C=O) groups excluding carboxylic acids is 2. The number of halogens is 1. The van der Waals surface area contributed by atoms with Gasteiger partial charge in [-0.15, -0.1) is 0 Å². The van der Waals surface area contributed by atoms with Gasteiger partial charge in [-0.3, -0.25) is 9.69 Å². The summed E-state index contributed by atoms with van der Waals surface area (Å²) in [4.78, 5) is 28.7. The molecule has 1 aromatic heterocycles. The van der Waals surface area contributed by atoms with Crippen LogP contribution in [0.2, 0.25) is 0 Å². The molecular formula is C13H15FN2O3. The predicted octanol–water partition coefficient (Wildman–Crippen LogP) is 2.55. The number of pyridine rings is 1. The molecule has 0 aromatic carbocycles. The van der Waals surface area contributed by atoms with E-state index < -0.39 is 17.5 Å². The van der Waals surface area contributed by atoms with Crippen LogP contribution in [0.3, 0.4) is 0 Å². The number of hydrogen-bond donors (Lipinski definition) is 0. The number of aromatic nitrogens is 1. The van der Waals surface area contributed by atoms with Gasteiger partial charge in [0.05, 0.1) is 11.9 Å². The number of anilines is 1. The molecule has 6 heteroatoms. The molecule has 1 amide bonds. The van der Waals surface area contributed by atoms with Crippen LogP contribution in [0.15, 0.2) is 12.3 Å². The largest absolute Gasteiger partial charge is 0.443 e. The van der Waals surface area contributed by atoms with Crippen molar-refractivity contribution < 1.29 is 18.7 Å². The van der Waals surface area contributed by atoms with Crippen molar-refractivity contribution >= 4 is 17.6 Å². The van der Waals surface area contributed by atoms with Gasteiger partial charge in [0.1, 0.15) is 17.1 Å². The van der Waals surface area contributed by atoms with Crippen molar-refractivity contribution in [3.05, 3.63) is 23.8 Å². The summed E-state index contributed by atoms with van der Waals surface area (Å²) >= 11 is 0. The average molecular weight is 266 g/mol. The lowest BCUT2D eigenvalue weighted by molar-refractivity contribution is 0.0577. The summed E-state index contributed by atoms with van der Waals surface area (Å²) in [6, 6.07) is 1.13. The number of carbonyl (C=O) groups is 2. The highest BCUT2D eigenvalue weighted by Gasteiger charge is 2.31. The summed E-state index contributed by atoms with van der Waals surface area (Å²) in [6.45, 7) is 5.39. The molecule has 2 rings (SSSR count). The molecule has 0 bridgehead atoms. The molecule has 0 saturated heterocycles. The van der Waals surface area contributed by atoms with E-state index >= 15 is 0 Å². The zero-order valence-corrected chi connectivity index (χ0v) is 11.1. The molecule has 5 nitrogen and oxygen atoms in total. The van der Waals surface area contributed by atoms with Gasteiger partial charge in [-0.05, 0) is 20.8 Å². The fraction of sp³-hybridized carbons (Fsp3) is 0.462. The number of ether oxygens (including phenoxy) is 1. The van der Waals surface area contributed by atoms with Crippen molar-refractivity contribution in [2.45, 2.75) is 32.8 Å². The van der Waals surface area contributed by atoms with Gasteiger partial charge in [-0.1, -0.05) is 0 Å². The van der Waals surface area contributed by atoms with E-state index in [0.29, 0.717) is 0 Å². The first-order valence-corrected chi connectivity index (χ1v) is 5.97. The number of amides is 1. The molecule has 1 aromatic rings. The van der Waals surface area contributed by atoms with Gasteiger partial charge >= 0.3 is 6.09 Å². The first-order valence-electron chi connectivity index (χ1n) is 5.97. The summed E-state index contributed by atoms with van der Waals surface area (Å²) < 4.78 is 18.5. The Morgan fingerprint density at radius 1 is 1.47 bits per heavy atom. The Bertz CT molecular complexity index is 537. The van der Waals surface area contributed by atoms with E-state index in [1.54, 1.807) is 20.8 Å². The van der Waals surface area contributed by atoms with Crippen LogP contribution in [-0.2, 0) is 4.74 Å². The van der Waals surface area contributed by atoms with Crippen molar-refractivity contribution in [3.8, 4) is 0 Å². The van der Waals surface area contributed by atoms with Gasteiger partial charge in [0.25, 0.3) is 0 Å². The normalized spacial score (nSPS) is 15.2. The predicted molar refractivity (Wildman–Crippen MR) is 66.7 cm³/mol. The van der Waals surface area contributed by atoms with E-state index in [-0.39, 0.29) is 30.1 Å². The highest BCUT2D eigenvalue weighted by atomic mass is 19.1. The maximum atomic E-state index is 13.2. The zero-order valence-electron chi connectivity index (χ0n) is 11.1. The summed E-state index contributed by atoms with van der Waals surface area (Å²) in [7, 11) is 0. The molecule has 1 aliphatic heterocycles. The SMILES string of the molecule is CC(C)(C)OC(=O)N1CCC(=O)c2ncc(F)cc21. The topological polar surface area (TPSA) is 59.5 Å². The second kappa shape index (κ2) is 4.60. The second-order valence-corrected chi connectivity index (χ2v) is 5.33. The molecule has 1 aliphatic rings. The number of hydrogen-bond acceptors (Lipinski definition) is 4. The quantitative estimate of drug-likeness (QED) is 0.724. The lowest BCUT2D eigenvalue weighted by Crippen LogP contribution is -2.41. The number of Topliss-reactive ketones (excluding diaryl/α,β-unsaturated/α-hetero) is 1. The Morgan fingerprint density at radius 2 is 2.16 bits per heavy atom. The Hall–Kier alpha value is -1.98. The molecule has 0 saturated carbocycles. The molecule has 2 heterocycles. The van der Waals surface area contributed by atoms with Gasteiger partial charge in [0, 0.05) is 19.0 Å². The van der Waals surface area contributed by atoms with Crippen molar-refractivity contribution in [1.29, 1.82) is 0 Å². The van der Waals surface area contributed by atoms with Crippen LogP contribution in [0.25, 0.3) is 0 Å². The molecule has 0 N–H and O–H groups in total. The van der Waals surface area contributed by atoms with Crippen LogP contribution < -0.4 is 4.90 Å². The Labute approximate surface area is 110 Å². The van der Waals surface area contributed by atoms with Gasteiger partial charge in [-0.2, -0.15) is 0 Å². The Kier molecular flexibility index (Phi) is 3.26. The zero-order chi connectivity index (χ0) is 14.2. The molecule has 102 valence electrons. The third-order valence-corrected chi connectivity index (χ3v) is 2.57. The van der Waals surface area contributed by atoms with Crippen molar-refractivity contribution in [2.75, 3.05) is 11.4 Å². The smallest absolute Gasteiger partial charge is 0.414 e. The number of nitrogens with zero attached hydrogens (tertiary/aromatic N) is 2. The van der Waals surface area contributed by atoms with Crippen LogP contribution in [0.5, 0.6) is 0 Å². The molecule has 0 unspecified atom stereocenters. The second-order valence-electron chi connectivity index (χ2n) is 5.33. The minimum Gasteiger partial charge on any atom is -0.443 e. The van der Waals surface area contributed by atoms with Crippen molar-refractivity contribution in [3.63, 3.8) is 0 Å². The average Bonchev–Trinajstić information content (AvgIpc) is 2.26. The van der Waals surface area contributed by atoms with Gasteiger partial charge in [-0.25, -0.2) is 14.2 Å². The molecule has 0 spiro atoms. The van der Waals surface area contributed by atoms with Crippen molar-refractivity contribution in [1.82, 2.24) is 4.98 Å². The van der Waals surface area contributed by atoms with E-state index in [0.717, 1.165) is 12.3 Å². The molecule has 0 atom stereocenters. The Morgan fingerprint density at radius 3 is 2.79 bits per heavy atom. The highest BCUT2D eigenvalue weighted by Crippen LogP contribution is 2.27. The summed E-state index contributed by atoms with van der Waals surface area (Å²) in [5.41, 5.74) is -0.372. The van der Waals surface area contributed by atoms with Crippen LogP contribution in [0.4, 0.5) is 14.9 Å². The molecular weight excluding hydrogens is 251 g/mol. The van der Waals surface area contributed by atoms with Gasteiger partial charge in [0.2, 0.25) is 0 Å². The standard InChI is InChI=1S/C13H15FN2O3/c1-13(2,3)19-12(18)16-5-4-10(17)11-9(16)6-8(14)7-15-11/h6-7H,4-5H2,1-3H3. The summed E-state index contributed by atoms with van der Waals surface area (Å²) in [5.74, 6) is -0.795. The van der Waals surface area contributed by atoms with Crippen molar-refractivity contribution in [2.24, 2.45) is 0 Å². The minimum absolute atomic E-state index is 0.110. The minimum atomic E-state index is -0.653. The molecule has 0 aliphatic carbocycles. The fourth-order valence-corrected chi connectivity index (χ4v) is 1.81. The van der Waals surface area contributed by atoms with Crippen LogP contribution in [-0.4, -0.2) is 29.0 Å². The summed E-state index contributed by atoms with van der Waals surface area (Å²) in [5, 5.41) is 0. The van der Waals surface area contributed by atoms with Crippen LogP contribution in [0.1, 0.15) is 37.7 Å². The first kappa shape index (κ1) is 13.5. The third-order valence-electron chi connectivity index (χ3n) is 2.57. The number of ketones is 1. The summed E-state index contributed by atoms with van der Waals surface area (Å²) in [6.07, 6.45) is 0.522. The monoisotopic (exact) mass is 266 g/mol. The maximum absolute atomic E-state index is 13.2. The Balaban J connectivity index is 2.35. The van der Waals surface area contributed by atoms with Crippen LogP contribution in [0, 0.1) is 5.82 Å². The number of fused-ring (bicyclic) bond motifs is 1. The highest BCUT2D eigenvalue weighted by molar-refractivity contribution is 6.06. The van der Waals surface area contributed by atoms with E-state index in [1.165, 1.54) is 4.90 Å². The third kappa shape index (κ3) is 2.89.